The second kappa shape index (κ2) is 8.16. The summed E-state index contributed by atoms with van der Waals surface area (Å²) >= 11 is 0. The van der Waals surface area contributed by atoms with Crippen molar-refractivity contribution in [3.63, 3.8) is 0 Å². The molecule has 1 N–H and O–H groups in total. The molecule has 0 bridgehead atoms. The normalized spacial score (nSPS) is 25.4. The van der Waals surface area contributed by atoms with Gasteiger partial charge in [-0.25, -0.2) is 0 Å². The lowest BCUT2D eigenvalue weighted by atomic mass is 9.79. The van der Waals surface area contributed by atoms with Crippen molar-refractivity contribution < 1.29 is 9.47 Å². The van der Waals surface area contributed by atoms with Crippen molar-refractivity contribution >= 4 is 0 Å². The summed E-state index contributed by atoms with van der Waals surface area (Å²) in [6.07, 6.45) is 12.4. The van der Waals surface area contributed by atoms with Gasteiger partial charge in [-0.1, -0.05) is 24.5 Å². The van der Waals surface area contributed by atoms with Gasteiger partial charge >= 0.3 is 0 Å². The Labute approximate surface area is 124 Å². The van der Waals surface area contributed by atoms with Crippen molar-refractivity contribution in [1.29, 1.82) is 0 Å². The largest absolute Gasteiger partial charge is 0.381 e. The van der Waals surface area contributed by atoms with Crippen LogP contribution in [0.15, 0.2) is 11.6 Å². The first-order valence-corrected chi connectivity index (χ1v) is 8.40. The average molecular weight is 281 g/mol. The molecule has 116 valence electrons. The summed E-state index contributed by atoms with van der Waals surface area (Å²) in [5.74, 6) is 0. The van der Waals surface area contributed by atoms with E-state index < -0.39 is 0 Å². The molecule has 1 heterocycles. The van der Waals surface area contributed by atoms with Crippen molar-refractivity contribution in [1.82, 2.24) is 5.32 Å². The summed E-state index contributed by atoms with van der Waals surface area (Å²) in [5.41, 5.74) is 1.51. The number of ether oxygens (including phenoxy) is 2. The van der Waals surface area contributed by atoms with Crippen molar-refractivity contribution in [2.24, 2.45) is 0 Å². The molecule has 1 unspecified atom stereocenters. The van der Waals surface area contributed by atoms with Gasteiger partial charge in [0.15, 0.2) is 0 Å². The summed E-state index contributed by atoms with van der Waals surface area (Å²) in [5, 5.41) is 3.57. The summed E-state index contributed by atoms with van der Waals surface area (Å²) in [6, 6.07) is 0.351. The molecule has 1 aliphatic carbocycles. The van der Waals surface area contributed by atoms with E-state index in [1.807, 2.05) is 0 Å². The van der Waals surface area contributed by atoms with E-state index >= 15 is 0 Å². The van der Waals surface area contributed by atoms with Crippen LogP contribution >= 0.6 is 0 Å². The first kappa shape index (κ1) is 16.0. The fraction of sp³-hybridized carbons (Fsp3) is 0.882. The van der Waals surface area contributed by atoms with E-state index in [1.54, 1.807) is 5.57 Å². The molecule has 2 rings (SSSR count). The smallest absolute Gasteiger partial charge is 0.0916 e. The van der Waals surface area contributed by atoms with Gasteiger partial charge in [-0.2, -0.15) is 0 Å². The van der Waals surface area contributed by atoms with E-state index in [-0.39, 0.29) is 5.60 Å². The van der Waals surface area contributed by atoms with Gasteiger partial charge in [0.25, 0.3) is 0 Å². The molecule has 0 aromatic heterocycles. The molecule has 1 aliphatic heterocycles. The van der Waals surface area contributed by atoms with E-state index in [4.69, 9.17) is 9.47 Å². The van der Waals surface area contributed by atoms with E-state index in [1.165, 1.54) is 38.5 Å². The zero-order chi connectivity index (χ0) is 14.3. The fourth-order valence-corrected chi connectivity index (χ4v) is 3.79. The van der Waals surface area contributed by atoms with Crippen LogP contribution in [0.2, 0.25) is 0 Å². The highest BCUT2D eigenvalue weighted by Crippen LogP contribution is 2.34. The Hall–Kier alpha value is -0.380. The number of nitrogens with one attached hydrogen (secondary N) is 1. The van der Waals surface area contributed by atoms with E-state index in [2.05, 4.69) is 25.4 Å². The van der Waals surface area contributed by atoms with Gasteiger partial charge in [0, 0.05) is 32.7 Å². The predicted octanol–water partition coefficient (Wildman–Crippen LogP) is 3.44. The highest BCUT2D eigenvalue weighted by Gasteiger charge is 2.42. The average Bonchev–Trinajstić information content (AvgIpc) is 2.43. The molecule has 0 amide bonds. The molecule has 0 radical (unpaired) electrons. The van der Waals surface area contributed by atoms with E-state index in [0.717, 1.165) is 32.7 Å². The minimum atomic E-state index is -0.0627. The number of allylic oxidation sites excluding steroid dienone is 1. The van der Waals surface area contributed by atoms with Crippen LogP contribution in [0, 0.1) is 0 Å². The molecular formula is C17H31NO2. The maximum atomic E-state index is 6.27. The Kier molecular flexibility index (Phi) is 6.53. The topological polar surface area (TPSA) is 30.5 Å². The molecule has 1 saturated heterocycles. The molecular weight excluding hydrogens is 250 g/mol. The molecule has 0 aromatic rings. The van der Waals surface area contributed by atoms with Crippen molar-refractivity contribution in [2.45, 2.75) is 69.9 Å². The molecule has 1 fully saturated rings. The number of hydrogen-bond donors (Lipinski definition) is 1. The van der Waals surface area contributed by atoms with Crippen molar-refractivity contribution in [2.75, 3.05) is 26.9 Å². The summed E-state index contributed by atoms with van der Waals surface area (Å²) < 4.78 is 11.8. The number of hydrogen-bond acceptors (Lipinski definition) is 3. The second-order valence-corrected chi connectivity index (χ2v) is 6.06. The lowest BCUT2D eigenvalue weighted by Crippen LogP contribution is -2.55. The van der Waals surface area contributed by atoms with Crippen LogP contribution in [0.4, 0.5) is 0 Å². The standard InChI is InChI=1S/C17H31NO2/c1-3-20-17(11-13-19-14-12-17)16(18-2)15-9-7-5-4-6-8-10-15/h9,16,18H,3-8,10-14H2,1-2H3. The number of likely N-dealkylation sites (N-methyl/N-ethyl adjacent to an activating group) is 1. The first-order chi connectivity index (χ1) is 9.82. The maximum absolute atomic E-state index is 6.27. The lowest BCUT2D eigenvalue weighted by molar-refractivity contribution is -0.119. The van der Waals surface area contributed by atoms with Crippen LogP contribution in [0.25, 0.3) is 0 Å². The summed E-state index contributed by atoms with van der Waals surface area (Å²) in [7, 11) is 2.08. The predicted molar refractivity (Wildman–Crippen MR) is 83.0 cm³/mol. The van der Waals surface area contributed by atoms with Crippen LogP contribution < -0.4 is 5.32 Å². The highest BCUT2D eigenvalue weighted by atomic mass is 16.5. The highest BCUT2D eigenvalue weighted by molar-refractivity contribution is 5.19. The van der Waals surface area contributed by atoms with Crippen LogP contribution in [0.3, 0.4) is 0 Å². The zero-order valence-electron chi connectivity index (χ0n) is 13.2. The lowest BCUT2D eigenvalue weighted by Gasteiger charge is -2.44. The molecule has 0 aromatic carbocycles. The monoisotopic (exact) mass is 281 g/mol. The molecule has 3 nitrogen and oxygen atoms in total. The molecule has 0 spiro atoms. The van der Waals surface area contributed by atoms with Gasteiger partial charge in [-0.3, -0.25) is 0 Å². The third-order valence-electron chi connectivity index (χ3n) is 4.78. The Bertz CT molecular complexity index is 303. The molecule has 0 saturated carbocycles. The van der Waals surface area contributed by atoms with Crippen LogP contribution in [-0.4, -0.2) is 38.5 Å². The zero-order valence-corrected chi connectivity index (χ0v) is 13.2. The van der Waals surface area contributed by atoms with Gasteiger partial charge in [0.1, 0.15) is 0 Å². The Morgan fingerprint density at radius 3 is 2.70 bits per heavy atom. The Morgan fingerprint density at radius 1 is 1.25 bits per heavy atom. The van der Waals surface area contributed by atoms with Gasteiger partial charge < -0.3 is 14.8 Å². The molecule has 1 atom stereocenters. The first-order valence-electron chi connectivity index (χ1n) is 8.40. The third kappa shape index (κ3) is 3.84. The molecule has 20 heavy (non-hydrogen) atoms. The second-order valence-electron chi connectivity index (χ2n) is 6.06. The Morgan fingerprint density at radius 2 is 2.00 bits per heavy atom. The minimum absolute atomic E-state index is 0.0627. The third-order valence-corrected chi connectivity index (χ3v) is 4.78. The van der Waals surface area contributed by atoms with Crippen LogP contribution in [0.1, 0.15) is 58.3 Å². The summed E-state index contributed by atoms with van der Waals surface area (Å²) in [4.78, 5) is 0. The minimum Gasteiger partial charge on any atom is -0.381 e. The van der Waals surface area contributed by atoms with E-state index in [0.29, 0.717) is 6.04 Å². The van der Waals surface area contributed by atoms with Gasteiger partial charge in [0.05, 0.1) is 11.6 Å². The van der Waals surface area contributed by atoms with Crippen LogP contribution in [-0.2, 0) is 9.47 Å². The molecule has 3 heteroatoms. The fourth-order valence-electron chi connectivity index (χ4n) is 3.79. The number of rotatable bonds is 5. The summed E-state index contributed by atoms with van der Waals surface area (Å²) in [6.45, 7) is 4.54. The maximum Gasteiger partial charge on any atom is 0.0916 e. The Balaban J connectivity index is 2.17. The van der Waals surface area contributed by atoms with Crippen molar-refractivity contribution in [3.05, 3.63) is 11.6 Å². The van der Waals surface area contributed by atoms with Crippen LogP contribution in [0.5, 0.6) is 0 Å². The van der Waals surface area contributed by atoms with Gasteiger partial charge in [-0.05, 0) is 39.7 Å². The van der Waals surface area contributed by atoms with E-state index in [9.17, 15) is 0 Å². The van der Waals surface area contributed by atoms with Gasteiger partial charge in [-0.15, -0.1) is 0 Å². The quantitative estimate of drug-likeness (QED) is 0.783. The SMILES string of the molecule is CCOC1(C(NC)C2=CCCCCCC2)CCOCC1. The van der Waals surface area contributed by atoms with Gasteiger partial charge in [0.2, 0.25) is 0 Å². The van der Waals surface area contributed by atoms with Crippen molar-refractivity contribution in [3.8, 4) is 0 Å². The molecule has 2 aliphatic rings.